The zero-order chi connectivity index (χ0) is 10.9. The van der Waals surface area contributed by atoms with Crippen LogP contribution in [0.2, 0.25) is 0 Å². The summed E-state index contributed by atoms with van der Waals surface area (Å²) in [6, 6.07) is 7.08. The average Bonchev–Trinajstić information content (AvgIpc) is 2.97. The van der Waals surface area contributed by atoms with Crippen LogP contribution in [0.3, 0.4) is 0 Å². The molecule has 0 N–H and O–H groups in total. The molecule has 3 nitrogen and oxygen atoms in total. The van der Waals surface area contributed by atoms with Crippen LogP contribution in [0, 0.1) is 0 Å². The second kappa shape index (κ2) is 3.94. The van der Waals surface area contributed by atoms with E-state index in [1.54, 1.807) is 12.1 Å². The molecule has 1 atom stereocenters. The normalized spacial score (nSPS) is 20.2. The van der Waals surface area contributed by atoms with Crippen molar-refractivity contribution >= 4 is 9.84 Å². The zero-order valence-electron chi connectivity index (χ0n) is 8.64. The highest BCUT2D eigenvalue weighted by Gasteiger charge is 2.21. The van der Waals surface area contributed by atoms with E-state index in [1.807, 2.05) is 12.1 Å². The summed E-state index contributed by atoms with van der Waals surface area (Å²) < 4.78 is 27.5. The van der Waals surface area contributed by atoms with Crippen LogP contribution < -0.4 is 0 Å². The third-order valence-corrected chi connectivity index (χ3v) is 3.64. The van der Waals surface area contributed by atoms with Crippen molar-refractivity contribution in [3.05, 3.63) is 29.8 Å². The lowest BCUT2D eigenvalue weighted by Crippen LogP contribution is -1.97. The Morgan fingerprint density at radius 3 is 2.40 bits per heavy atom. The Bertz CT molecular complexity index is 429. The van der Waals surface area contributed by atoms with Crippen molar-refractivity contribution in [1.29, 1.82) is 0 Å². The Balaban J connectivity index is 2.02. The highest BCUT2D eigenvalue weighted by molar-refractivity contribution is 7.90. The average molecular weight is 226 g/mol. The molecular weight excluding hydrogens is 212 g/mol. The molecule has 0 spiro atoms. The van der Waals surface area contributed by atoms with Crippen molar-refractivity contribution in [3.8, 4) is 0 Å². The molecule has 1 fully saturated rings. The third-order valence-electron chi connectivity index (χ3n) is 2.51. The molecule has 1 unspecified atom stereocenters. The summed E-state index contributed by atoms with van der Waals surface area (Å²) in [5.41, 5.74) is 1.16. The van der Waals surface area contributed by atoms with Gasteiger partial charge in [0.15, 0.2) is 9.84 Å². The molecule has 0 aliphatic carbocycles. The zero-order valence-corrected chi connectivity index (χ0v) is 9.46. The maximum absolute atomic E-state index is 11.2. The monoisotopic (exact) mass is 226 g/mol. The molecule has 1 aliphatic heterocycles. The van der Waals surface area contributed by atoms with Crippen molar-refractivity contribution in [1.82, 2.24) is 0 Å². The lowest BCUT2D eigenvalue weighted by atomic mass is 10.1. The van der Waals surface area contributed by atoms with Gasteiger partial charge >= 0.3 is 0 Å². The number of hydrogen-bond donors (Lipinski definition) is 0. The van der Waals surface area contributed by atoms with Gasteiger partial charge in [-0.05, 0) is 30.5 Å². The first-order chi connectivity index (χ1) is 7.05. The Morgan fingerprint density at radius 2 is 1.93 bits per heavy atom. The Kier molecular flexibility index (Phi) is 2.80. The molecule has 1 aliphatic rings. The van der Waals surface area contributed by atoms with Gasteiger partial charge in [-0.15, -0.1) is 0 Å². The molecule has 4 heteroatoms. The van der Waals surface area contributed by atoms with Crippen molar-refractivity contribution in [2.45, 2.75) is 23.8 Å². The van der Waals surface area contributed by atoms with E-state index in [4.69, 9.17) is 4.74 Å². The maximum atomic E-state index is 11.2. The van der Waals surface area contributed by atoms with Crippen molar-refractivity contribution in [2.24, 2.45) is 0 Å². The summed E-state index contributed by atoms with van der Waals surface area (Å²) in [5, 5.41) is 0. The highest BCUT2D eigenvalue weighted by atomic mass is 32.2. The molecule has 1 heterocycles. The van der Waals surface area contributed by atoms with E-state index in [0.29, 0.717) is 11.0 Å². The van der Waals surface area contributed by atoms with Gasteiger partial charge in [0.05, 0.1) is 17.6 Å². The third kappa shape index (κ3) is 3.04. The van der Waals surface area contributed by atoms with Crippen LogP contribution in [0.1, 0.15) is 12.0 Å². The molecule has 2 rings (SSSR count). The fourth-order valence-corrected chi connectivity index (χ4v) is 2.10. The SMILES string of the molecule is CS(=O)(=O)c1ccc(CCC2CO2)cc1. The van der Waals surface area contributed by atoms with Crippen LogP contribution in [0.25, 0.3) is 0 Å². The van der Waals surface area contributed by atoms with Crippen molar-refractivity contribution in [3.63, 3.8) is 0 Å². The Labute approximate surface area is 90.0 Å². The van der Waals surface area contributed by atoms with E-state index in [0.717, 1.165) is 25.0 Å². The molecule has 0 aromatic heterocycles. The summed E-state index contributed by atoms with van der Waals surface area (Å²) in [5.74, 6) is 0. The van der Waals surface area contributed by atoms with Gasteiger partial charge in [-0.25, -0.2) is 8.42 Å². The van der Waals surface area contributed by atoms with Crippen LogP contribution in [-0.4, -0.2) is 27.4 Å². The number of sulfone groups is 1. The number of aryl methyl sites for hydroxylation is 1. The van der Waals surface area contributed by atoms with Crippen LogP contribution >= 0.6 is 0 Å². The van der Waals surface area contributed by atoms with Crippen LogP contribution in [0.15, 0.2) is 29.2 Å². The number of benzene rings is 1. The molecule has 15 heavy (non-hydrogen) atoms. The van der Waals surface area contributed by atoms with E-state index in [-0.39, 0.29) is 0 Å². The second-order valence-corrected chi connectivity index (χ2v) is 5.93. The molecular formula is C11H14O3S. The standard InChI is InChI=1S/C11H14O3S/c1-15(12,13)11-6-3-9(4-7-11)2-5-10-8-14-10/h3-4,6-7,10H,2,5,8H2,1H3. The van der Waals surface area contributed by atoms with Gasteiger partial charge in [0.2, 0.25) is 0 Å². The van der Waals surface area contributed by atoms with E-state index in [9.17, 15) is 8.42 Å². The molecule has 0 saturated carbocycles. The smallest absolute Gasteiger partial charge is 0.175 e. The minimum atomic E-state index is -3.06. The van der Waals surface area contributed by atoms with Gasteiger partial charge in [-0.3, -0.25) is 0 Å². The number of hydrogen-bond acceptors (Lipinski definition) is 3. The first kappa shape index (κ1) is 10.6. The van der Waals surface area contributed by atoms with Gasteiger partial charge < -0.3 is 4.74 Å². The first-order valence-corrected chi connectivity index (χ1v) is 6.85. The predicted octanol–water partition coefficient (Wildman–Crippen LogP) is 1.42. The maximum Gasteiger partial charge on any atom is 0.175 e. The van der Waals surface area contributed by atoms with E-state index >= 15 is 0 Å². The molecule has 1 saturated heterocycles. The second-order valence-electron chi connectivity index (χ2n) is 3.91. The van der Waals surface area contributed by atoms with Crippen molar-refractivity contribution < 1.29 is 13.2 Å². The fraction of sp³-hybridized carbons (Fsp3) is 0.455. The molecule has 0 radical (unpaired) electrons. The predicted molar refractivity (Wildman–Crippen MR) is 57.6 cm³/mol. The summed E-state index contributed by atoms with van der Waals surface area (Å²) in [7, 11) is -3.06. The van der Waals surface area contributed by atoms with Gasteiger partial charge in [0, 0.05) is 6.26 Å². The van der Waals surface area contributed by atoms with Crippen LogP contribution in [0.5, 0.6) is 0 Å². The lowest BCUT2D eigenvalue weighted by Gasteiger charge is -2.01. The van der Waals surface area contributed by atoms with Gasteiger partial charge in [0.25, 0.3) is 0 Å². The largest absolute Gasteiger partial charge is 0.373 e. The van der Waals surface area contributed by atoms with Gasteiger partial charge in [-0.1, -0.05) is 12.1 Å². The molecule has 0 bridgehead atoms. The molecule has 82 valence electrons. The van der Waals surface area contributed by atoms with Crippen LogP contribution in [0.4, 0.5) is 0 Å². The summed E-state index contributed by atoms with van der Waals surface area (Å²) >= 11 is 0. The van der Waals surface area contributed by atoms with Gasteiger partial charge in [0.1, 0.15) is 0 Å². The molecule has 1 aromatic carbocycles. The molecule has 1 aromatic rings. The summed E-state index contributed by atoms with van der Waals surface area (Å²) in [6.45, 7) is 0.876. The number of epoxide rings is 1. The van der Waals surface area contributed by atoms with E-state index < -0.39 is 9.84 Å². The minimum absolute atomic E-state index is 0.383. The summed E-state index contributed by atoms with van der Waals surface area (Å²) in [4.78, 5) is 0.383. The lowest BCUT2D eigenvalue weighted by molar-refractivity contribution is 0.397. The minimum Gasteiger partial charge on any atom is -0.373 e. The topological polar surface area (TPSA) is 46.7 Å². The van der Waals surface area contributed by atoms with E-state index in [1.165, 1.54) is 6.26 Å². The quantitative estimate of drug-likeness (QED) is 0.729. The Hall–Kier alpha value is -0.870. The highest BCUT2D eigenvalue weighted by Crippen LogP contribution is 2.18. The first-order valence-electron chi connectivity index (χ1n) is 4.96. The van der Waals surface area contributed by atoms with Crippen LogP contribution in [-0.2, 0) is 21.0 Å². The van der Waals surface area contributed by atoms with Gasteiger partial charge in [-0.2, -0.15) is 0 Å². The van der Waals surface area contributed by atoms with E-state index in [2.05, 4.69) is 0 Å². The molecule has 0 amide bonds. The fourth-order valence-electron chi connectivity index (χ4n) is 1.47. The number of ether oxygens (including phenoxy) is 1. The summed E-state index contributed by atoms with van der Waals surface area (Å²) in [6.07, 6.45) is 3.63. The van der Waals surface area contributed by atoms with Crippen molar-refractivity contribution in [2.75, 3.05) is 12.9 Å². The number of rotatable bonds is 4. The Morgan fingerprint density at radius 1 is 1.33 bits per heavy atom.